The summed E-state index contributed by atoms with van der Waals surface area (Å²) >= 11 is 1.05. The SMILES string of the molecule is CNc1nc(NC2CCN(Cc3ccc4c(cc(C#N)n4C[C@H](C)N4CCOC(C(N)=O)C4)c3C)CC2)c2cc(CC(F)(F)F)sc2n1. The number of anilines is 2. The summed E-state index contributed by atoms with van der Waals surface area (Å²) in [5.74, 6) is 0.464. The molecule has 0 saturated carbocycles. The van der Waals surface area contributed by atoms with E-state index in [1.807, 2.05) is 6.07 Å². The zero-order valence-electron chi connectivity index (χ0n) is 27.2. The van der Waals surface area contributed by atoms with Crippen molar-refractivity contribution in [2.45, 2.75) is 70.6 Å². The van der Waals surface area contributed by atoms with Crippen LogP contribution in [0.15, 0.2) is 24.3 Å². The smallest absolute Gasteiger partial charge is 0.367 e. The Morgan fingerprint density at radius 3 is 2.67 bits per heavy atom. The average Bonchev–Trinajstić information content (AvgIpc) is 3.63. The number of nitriles is 1. The molecule has 0 aliphatic carbocycles. The van der Waals surface area contributed by atoms with Crippen LogP contribution < -0.4 is 16.4 Å². The molecule has 2 saturated heterocycles. The largest absolute Gasteiger partial charge is 0.393 e. The third kappa shape index (κ3) is 7.36. The topological polar surface area (TPSA) is 137 Å². The lowest BCUT2D eigenvalue weighted by atomic mass is 10.0. The van der Waals surface area contributed by atoms with Gasteiger partial charge in [0.1, 0.15) is 28.5 Å². The van der Waals surface area contributed by atoms with Crippen molar-refractivity contribution < 1.29 is 22.7 Å². The van der Waals surface area contributed by atoms with Crippen LogP contribution in [-0.4, -0.2) is 94.4 Å². The molecule has 48 heavy (non-hydrogen) atoms. The molecule has 1 amide bonds. The maximum Gasteiger partial charge on any atom is 0.393 e. The Morgan fingerprint density at radius 2 is 1.98 bits per heavy atom. The van der Waals surface area contributed by atoms with Crippen molar-refractivity contribution in [2.24, 2.45) is 5.73 Å². The van der Waals surface area contributed by atoms with Crippen LogP contribution in [0.4, 0.5) is 24.9 Å². The highest BCUT2D eigenvalue weighted by molar-refractivity contribution is 7.18. The number of carbonyl (C=O) groups excluding carboxylic acids is 1. The average molecular weight is 684 g/mol. The Morgan fingerprint density at radius 1 is 1.21 bits per heavy atom. The molecule has 0 spiro atoms. The first-order valence-corrected chi connectivity index (χ1v) is 16.9. The van der Waals surface area contributed by atoms with Gasteiger partial charge in [-0.1, -0.05) is 6.07 Å². The van der Waals surface area contributed by atoms with Gasteiger partial charge >= 0.3 is 6.18 Å². The van der Waals surface area contributed by atoms with Crippen molar-refractivity contribution >= 4 is 50.1 Å². The number of aromatic nitrogens is 3. The number of carbonyl (C=O) groups is 1. The van der Waals surface area contributed by atoms with E-state index in [-0.39, 0.29) is 17.0 Å². The van der Waals surface area contributed by atoms with Crippen molar-refractivity contribution in [3.8, 4) is 6.07 Å². The minimum atomic E-state index is -4.29. The molecular weight excluding hydrogens is 643 g/mol. The minimum absolute atomic E-state index is 0.0679. The number of halogens is 3. The molecule has 0 radical (unpaired) electrons. The zero-order chi connectivity index (χ0) is 34.2. The number of rotatable bonds is 10. The first kappa shape index (κ1) is 33.9. The maximum atomic E-state index is 13.1. The van der Waals surface area contributed by atoms with Crippen LogP contribution in [0.25, 0.3) is 21.1 Å². The van der Waals surface area contributed by atoms with Gasteiger partial charge in [-0.15, -0.1) is 11.3 Å². The number of alkyl halides is 3. The number of nitrogens with one attached hydrogen (secondary N) is 2. The lowest BCUT2D eigenvalue weighted by molar-refractivity contribution is -0.136. The Balaban J connectivity index is 1.11. The standard InChI is InChI=1S/C33H40F3N9O2S/c1-19(44-10-11-47-28(18-44)29(38)46)16-45-23(15-37)12-25-20(2)21(4-5-27(25)45)17-43-8-6-22(7-9-43)40-30-26-13-24(14-33(34,35)36)48-31(26)42-32(39-3)41-30/h4-5,12-13,19,22,28H,6-11,14,16-18H2,1-3H3,(H2,38,46)(H2,39,40,41,42)/t19-,28?/m0/s1. The summed E-state index contributed by atoms with van der Waals surface area (Å²) in [5.41, 5.74) is 9.43. The number of ether oxygens (including phenoxy) is 1. The van der Waals surface area contributed by atoms with Gasteiger partial charge in [-0.2, -0.15) is 23.4 Å². The van der Waals surface area contributed by atoms with Crippen molar-refractivity contribution in [1.82, 2.24) is 24.3 Å². The molecule has 2 fully saturated rings. The van der Waals surface area contributed by atoms with Crippen LogP contribution in [0.3, 0.4) is 0 Å². The van der Waals surface area contributed by atoms with Crippen molar-refractivity contribution in [2.75, 3.05) is 50.5 Å². The summed E-state index contributed by atoms with van der Waals surface area (Å²) in [6.07, 6.45) is -4.19. The minimum Gasteiger partial charge on any atom is -0.367 e. The quantitative estimate of drug-likeness (QED) is 0.219. The number of hydrogen-bond donors (Lipinski definition) is 3. The van der Waals surface area contributed by atoms with Crippen LogP contribution in [0.5, 0.6) is 0 Å². The summed E-state index contributed by atoms with van der Waals surface area (Å²) in [6.45, 7) is 8.82. The number of aryl methyl sites for hydroxylation is 1. The highest BCUT2D eigenvalue weighted by atomic mass is 32.1. The van der Waals surface area contributed by atoms with E-state index in [0.29, 0.717) is 53.9 Å². The summed E-state index contributed by atoms with van der Waals surface area (Å²) in [5, 5.41) is 18.1. The fourth-order valence-electron chi connectivity index (χ4n) is 6.75. The van der Waals surface area contributed by atoms with Crippen LogP contribution in [-0.2, 0) is 29.0 Å². The Hall–Kier alpha value is -3.97. The number of thiophene rings is 1. The Bertz CT molecular complexity index is 1840. The van der Waals surface area contributed by atoms with Crippen LogP contribution in [0.2, 0.25) is 0 Å². The monoisotopic (exact) mass is 683 g/mol. The van der Waals surface area contributed by atoms with Crippen LogP contribution in [0, 0.1) is 18.3 Å². The molecule has 3 aromatic heterocycles. The van der Waals surface area contributed by atoms with E-state index < -0.39 is 24.6 Å². The third-order valence-corrected chi connectivity index (χ3v) is 10.5. The van der Waals surface area contributed by atoms with Gasteiger partial charge < -0.3 is 25.7 Å². The van der Waals surface area contributed by atoms with E-state index >= 15 is 0 Å². The molecule has 11 nitrogen and oxygen atoms in total. The Kier molecular flexibility index (Phi) is 9.80. The van der Waals surface area contributed by atoms with E-state index in [9.17, 15) is 23.2 Å². The number of primary amides is 1. The molecule has 1 aromatic carbocycles. The second-order valence-corrected chi connectivity index (χ2v) is 13.8. The molecule has 4 N–H and O–H groups in total. The second kappa shape index (κ2) is 13.9. The van der Waals surface area contributed by atoms with Crippen LogP contribution in [0.1, 0.15) is 41.5 Å². The number of likely N-dealkylation sites (tertiary alicyclic amines) is 1. The predicted octanol–water partition coefficient (Wildman–Crippen LogP) is 4.62. The fraction of sp³-hybridized carbons (Fsp3) is 0.515. The van der Waals surface area contributed by atoms with E-state index in [4.69, 9.17) is 10.5 Å². The molecule has 15 heteroatoms. The number of morpholine rings is 1. The van der Waals surface area contributed by atoms with Gasteiger partial charge in [-0.25, -0.2) is 4.98 Å². The zero-order valence-corrected chi connectivity index (χ0v) is 28.0. The molecule has 4 aromatic rings. The third-order valence-electron chi connectivity index (χ3n) is 9.43. The van der Waals surface area contributed by atoms with Gasteiger partial charge in [-0.05, 0) is 56.0 Å². The molecule has 1 unspecified atom stereocenters. The first-order chi connectivity index (χ1) is 22.9. The van der Waals surface area contributed by atoms with Crippen molar-refractivity contribution in [3.63, 3.8) is 0 Å². The number of benzene rings is 1. The lowest BCUT2D eigenvalue weighted by Crippen LogP contribution is -2.52. The van der Waals surface area contributed by atoms with E-state index in [2.05, 4.69) is 67.0 Å². The van der Waals surface area contributed by atoms with E-state index in [1.165, 1.54) is 5.56 Å². The fourth-order valence-corrected chi connectivity index (χ4v) is 7.81. The molecule has 2 aliphatic rings. The number of fused-ring (bicyclic) bond motifs is 2. The van der Waals surface area contributed by atoms with Crippen molar-refractivity contribution in [1.29, 1.82) is 5.26 Å². The lowest BCUT2D eigenvalue weighted by Gasteiger charge is -2.36. The van der Waals surface area contributed by atoms with E-state index in [0.717, 1.165) is 60.3 Å². The molecule has 6 rings (SSSR count). The maximum absolute atomic E-state index is 13.1. The Labute approximate surface area is 280 Å². The van der Waals surface area contributed by atoms with Gasteiger partial charge in [-0.3, -0.25) is 14.6 Å². The first-order valence-electron chi connectivity index (χ1n) is 16.1. The molecule has 0 bridgehead atoms. The summed E-state index contributed by atoms with van der Waals surface area (Å²) in [7, 11) is 1.69. The number of hydrogen-bond acceptors (Lipinski definition) is 10. The summed E-state index contributed by atoms with van der Waals surface area (Å²) in [4.78, 5) is 26.0. The second-order valence-electron chi connectivity index (χ2n) is 12.7. The highest BCUT2D eigenvalue weighted by Crippen LogP contribution is 2.35. The molecule has 2 atom stereocenters. The summed E-state index contributed by atoms with van der Waals surface area (Å²) in [6, 6.07) is 10.3. The number of nitrogens with two attached hydrogens (primary N) is 1. The highest BCUT2D eigenvalue weighted by Gasteiger charge is 2.30. The molecular formula is C33H40F3N9O2S. The van der Waals surface area contributed by atoms with Gasteiger partial charge in [0.2, 0.25) is 11.9 Å². The number of nitrogens with zero attached hydrogens (tertiary/aromatic N) is 6. The van der Waals surface area contributed by atoms with Gasteiger partial charge in [0.05, 0.1) is 18.4 Å². The molecule has 256 valence electrons. The van der Waals surface area contributed by atoms with Gasteiger partial charge in [0.15, 0.2) is 0 Å². The van der Waals surface area contributed by atoms with E-state index in [1.54, 1.807) is 13.1 Å². The van der Waals surface area contributed by atoms with Crippen LogP contribution >= 0.6 is 11.3 Å². The van der Waals surface area contributed by atoms with Gasteiger partial charge in [0, 0.05) is 74.2 Å². The normalized spacial score (nSPS) is 19.1. The molecule has 5 heterocycles. The van der Waals surface area contributed by atoms with Gasteiger partial charge in [0.25, 0.3) is 0 Å². The number of piperidine rings is 1. The molecule has 2 aliphatic heterocycles. The predicted molar refractivity (Wildman–Crippen MR) is 180 cm³/mol. The number of amides is 1. The van der Waals surface area contributed by atoms with Crippen molar-refractivity contribution in [3.05, 3.63) is 46.0 Å². The summed E-state index contributed by atoms with van der Waals surface area (Å²) < 4.78 is 46.8.